The molecule has 7 nitrogen and oxygen atoms in total. The largest absolute Gasteiger partial charge is 0.481 e. The number of aliphatic carboxylic acids is 2. The summed E-state index contributed by atoms with van der Waals surface area (Å²) in [5.74, 6) is -2.67. The lowest BCUT2D eigenvalue weighted by atomic mass is 10.1. The molecule has 1 unspecified atom stereocenters. The van der Waals surface area contributed by atoms with E-state index in [9.17, 15) is 14.4 Å². The van der Waals surface area contributed by atoms with Gasteiger partial charge in [0.15, 0.2) is 0 Å². The number of carboxylic acid groups (broad SMARTS) is 2. The van der Waals surface area contributed by atoms with Crippen LogP contribution in [0.4, 0.5) is 4.79 Å². The molecule has 0 aliphatic carbocycles. The van der Waals surface area contributed by atoms with Crippen LogP contribution in [0.1, 0.15) is 18.9 Å². The number of carbonyl (C=O) groups excluding carboxylic acids is 1. The molecule has 0 spiro atoms. The van der Waals surface area contributed by atoms with Gasteiger partial charge in [-0.3, -0.25) is 4.79 Å². The molecule has 8 heteroatoms. The number of amides is 2. The number of hydrogen-bond donors (Lipinski definition) is 4. The Bertz CT molecular complexity index is 474. The summed E-state index contributed by atoms with van der Waals surface area (Å²) in [6.45, 7) is 1.78. The number of rotatable bonds is 7. The van der Waals surface area contributed by atoms with Gasteiger partial charge in [0.2, 0.25) is 0 Å². The maximum absolute atomic E-state index is 11.6. The van der Waals surface area contributed by atoms with Crippen molar-refractivity contribution in [2.75, 3.05) is 0 Å². The Morgan fingerprint density at radius 3 is 2.50 bits per heavy atom. The predicted octanol–water partition coefficient (Wildman–Crippen LogP) is 0.906. The second-order valence-corrected chi connectivity index (χ2v) is 5.12. The van der Waals surface area contributed by atoms with Crippen LogP contribution in [0.5, 0.6) is 0 Å². The van der Waals surface area contributed by atoms with Crippen LogP contribution >= 0.6 is 11.3 Å². The van der Waals surface area contributed by atoms with Crippen molar-refractivity contribution < 1.29 is 24.6 Å². The molecule has 1 aromatic heterocycles. The fourth-order valence-electron chi connectivity index (χ4n) is 1.61. The van der Waals surface area contributed by atoms with Crippen LogP contribution in [0.2, 0.25) is 0 Å². The Hall–Kier alpha value is -2.09. The molecule has 1 aromatic rings. The lowest BCUT2D eigenvalue weighted by molar-refractivity contribution is -0.145. The number of nitrogens with one attached hydrogen (secondary N) is 2. The Morgan fingerprint density at radius 1 is 1.30 bits per heavy atom. The van der Waals surface area contributed by atoms with Crippen molar-refractivity contribution in [3.8, 4) is 0 Å². The summed E-state index contributed by atoms with van der Waals surface area (Å²) in [4.78, 5) is 32.9. The second-order valence-electron chi connectivity index (χ2n) is 4.34. The Kier molecular flexibility index (Phi) is 5.98. The number of thiophene rings is 1. The van der Waals surface area contributed by atoms with Crippen molar-refractivity contribution >= 4 is 29.3 Å². The first-order valence-electron chi connectivity index (χ1n) is 5.91. The maximum atomic E-state index is 11.6. The van der Waals surface area contributed by atoms with Crippen molar-refractivity contribution in [2.45, 2.75) is 31.8 Å². The van der Waals surface area contributed by atoms with Crippen LogP contribution in [-0.4, -0.2) is 40.3 Å². The quantitative estimate of drug-likeness (QED) is 0.597. The van der Waals surface area contributed by atoms with Gasteiger partial charge in [-0.15, -0.1) is 0 Å². The zero-order valence-corrected chi connectivity index (χ0v) is 11.6. The molecule has 2 atom stereocenters. The highest BCUT2D eigenvalue weighted by molar-refractivity contribution is 7.07. The predicted molar refractivity (Wildman–Crippen MR) is 72.8 cm³/mol. The fourth-order valence-corrected chi connectivity index (χ4v) is 2.29. The molecular weight excluding hydrogens is 284 g/mol. The number of carboxylic acids is 2. The van der Waals surface area contributed by atoms with E-state index in [1.807, 2.05) is 16.8 Å². The van der Waals surface area contributed by atoms with E-state index in [1.165, 1.54) is 0 Å². The van der Waals surface area contributed by atoms with Crippen molar-refractivity contribution in [3.05, 3.63) is 22.4 Å². The number of carbonyl (C=O) groups is 3. The Balaban J connectivity index is 2.44. The minimum atomic E-state index is -1.44. The summed E-state index contributed by atoms with van der Waals surface area (Å²) in [6, 6.07) is -0.392. The number of urea groups is 1. The third-order valence-electron chi connectivity index (χ3n) is 2.48. The van der Waals surface area contributed by atoms with Crippen molar-refractivity contribution in [3.63, 3.8) is 0 Å². The van der Waals surface area contributed by atoms with Crippen molar-refractivity contribution in [1.29, 1.82) is 0 Å². The van der Waals surface area contributed by atoms with Gasteiger partial charge < -0.3 is 20.8 Å². The molecule has 0 radical (unpaired) electrons. The first-order chi connectivity index (χ1) is 9.38. The highest BCUT2D eigenvalue weighted by Crippen LogP contribution is 2.08. The van der Waals surface area contributed by atoms with E-state index in [-0.39, 0.29) is 6.04 Å². The average molecular weight is 300 g/mol. The summed E-state index contributed by atoms with van der Waals surface area (Å²) >= 11 is 1.55. The summed E-state index contributed by atoms with van der Waals surface area (Å²) in [7, 11) is 0. The Morgan fingerprint density at radius 2 is 2.00 bits per heavy atom. The van der Waals surface area contributed by atoms with Gasteiger partial charge in [0.05, 0.1) is 6.42 Å². The van der Waals surface area contributed by atoms with Gasteiger partial charge in [-0.2, -0.15) is 11.3 Å². The standard InChI is InChI=1S/C12H16N2O5S/c1-7(4-8-2-3-20-6-8)13-12(19)14-9(11(17)18)5-10(15)16/h2-3,6-7,9H,4-5H2,1H3,(H,15,16)(H,17,18)(H2,13,14,19)/t7?,9-/m0/s1. The molecule has 0 fully saturated rings. The molecule has 0 aromatic carbocycles. The minimum Gasteiger partial charge on any atom is -0.481 e. The van der Waals surface area contributed by atoms with Crippen LogP contribution in [0, 0.1) is 0 Å². The summed E-state index contributed by atoms with van der Waals surface area (Å²) in [5.41, 5.74) is 1.07. The van der Waals surface area contributed by atoms with Crippen LogP contribution in [0.25, 0.3) is 0 Å². The molecule has 20 heavy (non-hydrogen) atoms. The van der Waals surface area contributed by atoms with Crippen LogP contribution in [0.15, 0.2) is 16.8 Å². The van der Waals surface area contributed by atoms with Gasteiger partial charge in [-0.1, -0.05) is 0 Å². The molecule has 0 aliphatic heterocycles. The van der Waals surface area contributed by atoms with Gasteiger partial charge in [0.25, 0.3) is 0 Å². The molecule has 0 saturated carbocycles. The molecular formula is C12H16N2O5S. The van der Waals surface area contributed by atoms with Crippen LogP contribution in [0.3, 0.4) is 0 Å². The SMILES string of the molecule is CC(Cc1ccsc1)NC(=O)N[C@@H](CC(=O)O)C(=O)O. The van der Waals surface area contributed by atoms with Crippen molar-refractivity contribution in [2.24, 2.45) is 0 Å². The third-order valence-corrected chi connectivity index (χ3v) is 3.21. The lowest BCUT2D eigenvalue weighted by Crippen LogP contribution is -2.49. The summed E-state index contributed by atoms with van der Waals surface area (Å²) in [5, 5.41) is 26.0. The highest BCUT2D eigenvalue weighted by atomic mass is 32.1. The first kappa shape index (κ1) is 16.0. The zero-order valence-electron chi connectivity index (χ0n) is 10.8. The minimum absolute atomic E-state index is 0.191. The van der Waals surface area contributed by atoms with Gasteiger partial charge in [0.1, 0.15) is 6.04 Å². The average Bonchev–Trinajstić information content (AvgIpc) is 2.79. The van der Waals surface area contributed by atoms with Gasteiger partial charge in [0, 0.05) is 6.04 Å². The number of hydrogen-bond acceptors (Lipinski definition) is 4. The van der Waals surface area contributed by atoms with Crippen LogP contribution in [-0.2, 0) is 16.0 Å². The van der Waals surface area contributed by atoms with Gasteiger partial charge in [-0.25, -0.2) is 9.59 Å². The first-order valence-corrected chi connectivity index (χ1v) is 6.85. The summed E-state index contributed by atoms with van der Waals surface area (Å²) in [6.07, 6.45) is -0.0464. The van der Waals surface area contributed by atoms with E-state index in [1.54, 1.807) is 18.3 Å². The third kappa shape index (κ3) is 5.70. The van der Waals surface area contributed by atoms with E-state index >= 15 is 0 Å². The van der Waals surface area contributed by atoms with Gasteiger partial charge in [-0.05, 0) is 35.7 Å². The normalized spacial score (nSPS) is 13.2. The Labute approximate surface area is 119 Å². The molecule has 4 N–H and O–H groups in total. The smallest absolute Gasteiger partial charge is 0.326 e. The van der Waals surface area contributed by atoms with E-state index in [0.29, 0.717) is 6.42 Å². The molecule has 2 amide bonds. The lowest BCUT2D eigenvalue weighted by Gasteiger charge is -2.17. The topological polar surface area (TPSA) is 116 Å². The molecule has 1 rings (SSSR count). The van der Waals surface area contributed by atoms with E-state index in [4.69, 9.17) is 10.2 Å². The van der Waals surface area contributed by atoms with Crippen molar-refractivity contribution in [1.82, 2.24) is 10.6 Å². The zero-order chi connectivity index (χ0) is 15.1. The molecule has 1 heterocycles. The van der Waals surface area contributed by atoms with E-state index in [2.05, 4.69) is 10.6 Å². The molecule has 0 aliphatic rings. The maximum Gasteiger partial charge on any atom is 0.326 e. The van der Waals surface area contributed by atoms with Crippen LogP contribution < -0.4 is 10.6 Å². The molecule has 0 saturated heterocycles. The molecule has 0 bridgehead atoms. The molecule has 110 valence electrons. The van der Waals surface area contributed by atoms with E-state index in [0.717, 1.165) is 5.56 Å². The summed E-state index contributed by atoms with van der Waals surface area (Å²) < 4.78 is 0. The second kappa shape index (κ2) is 7.49. The monoisotopic (exact) mass is 300 g/mol. The van der Waals surface area contributed by atoms with E-state index < -0.39 is 30.4 Å². The highest BCUT2D eigenvalue weighted by Gasteiger charge is 2.23. The fraction of sp³-hybridized carbons (Fsp3) is 0.417. The van der Waals surface area contributed by atoms with Gasteiger partial charge >= 0.3 is 18.0 Å².